The molecule has 0 aliphatic carbocycles. The molecule has 1 rings (SSSR count). The van der Waals surface area contributed by atoms with Crippen LogP contribution in [0.25, 0.3) is 0 Å². The largest absolute Gasteiger partial charge is 0.478 e. The standard InChI is InChI=1S/C7H7IN2O3S/c1-3-5(7(12)13)6(14-10-3)9-4(11)2-8/h2H2,1H3,(H,9,11)(H,12,13). The van der Waals surface area contributed by atoms with Crippen LogP contribution in [0.4, 0.5) is 5.00 Å². The van der Waals surface area contributed by atoms with Crippen LogP contribution >= 0.6 is 34.1 Å². The SMILES string of the molecule is Cc1nsc(NC(=O)CI)c1C(=O)O. The molecule has 0 saturated carbocycles. The Bertz CT molecular complexity index is 377. The average molecular weight is 326 g/mol. The van der Waals surface area contributed by atoms with Crippen molar-refractivity contribution < 1.29 is 14.7 Å². The summed E-state index contributed by atoms with van der Waals surface area (Å²) in [7, 11) is 0. The molecule has 1 aromatic heterocycles. The van der Waals surface area contributed by atoms with Gasteiger partial charge in [0.1, 0.15) is 10.6 Å². The van der Waals surface area contributed by atoms with Gasteiger partial charge in [0, 0.05) is 0 Å². The first kappa shape index (κ1) is 11.4. The van der Waals surface area contributed by atoms with Crippen molar-refractivity contribution in [2.24, 2.45) is 0 Å². The van der Waals surface area contributed by atoms with Gasteiger partial charge in [-0.2, -0.15) is 4.37 Å². The van der Waals surface area contributed by atoms with Gasteiger partial charge in [-0.05, 0) is 18.5 Å². The van der Waals surface area contributed by atoms with Gasteiger partial charge in [0.25, 0.3) is 0 Å². The lowest BCUT2D eigenvalue weighted by Gasteiger charge is -1.99. The molecule has 14 heavy (non-hydrogen) atoms. The molecule has 0 unspecified atom stereocenters. The predicted molar refractivity (Wildman–Crippen MR) is 61.3 cm³/mol. The minimum absolute atomic E-state index is 0.0770. The first-order chi connectivity index (χ1) is 6.56. The monoisotopic (exact) mass is 326 g/mol. The van der Waals surface area contributed by atoms with Gasteiger partial charge in [0.05, 0.1) is 10.1 Å². The minimum atomic E-state index is -1.07. The van der Waals surface area contributed by atoms with E-state index >= 15 is 0 Å². The number of aryl methyl sites for hydroxylation is 1. The van der Waals surface area contributed by atoms with Crippen LogP contribution in [0.1, 0.15) is 16.1 Å². The highest BCUT2D eigenvalue weighted by atomic mass is 127. The van der Waals surface area contributed by atoms with E-state index < -0.39 is 5.97 Å². The maximum Gasteiger partial charge on any atom is 0.340 e. The number of carbonyl (C=O) groups excluding carboxylic acids is 1. The Morgan fingerprint density at radius 2 is 2.29 bits per heavy atom. The van der Waals surface area contributed by atoms with Gasteiger partial charge in [-0.15, -0.1) is 0 Å². The number of alkyl halides is 1. The molecule has 76 valence electrons. The van der Waals surface area contributed by atoms with Crippen molar-refractivity contribution in [3.8, 4) is 0 Å². The number of nitrogens with one attached hydrogen (secondary N) is 1. The molecule has 2 N–H and O–H groups in total. The summed E-state index contributed by atoms with van der Waals surface area (Å²) in [6.45, 7) is 1.60. The Labute approximate surface area is 97.8 Å². The number of anilines is 1. The number of carboxylic acid groups (broad SMARTS) is 1. The van der Waals surface area contributed by atoms with Crippen LogP contribution in [0.15, 0.2) is 0 Å². The molecule has 1 heterocycles. The highest BCUT2D eigenvalue weighted by Gasteiger charge is 2.18. The van der Waals surface area contributed by atoms with Gasteiger partial charge in [-0.1, -0.05) is 22.6 Å². The zero-order valence-corrected chi connectivity index (χ0v) is 10.2. The predicted octanol–water partition coefficient (Wildman–Crippen LogP) is 1.52. The third-order valence-corrected chi connectivity index (χ3v) is 3.00. The molecule has 0 bridgehead atoms. The van der Waals surface area contributed by atoms with E-state index in [0.29, 0.717) is 10.7 Å². The quantitative estimate of drug-likeness (QED) is 0.652. The van der Waals surface area contributed by atoms with Crippen LogP contribution in [0.2, 0.25) is 0 Å². The minimum Gasteiger partial charge on any atom is -0.478 e. The lowest BCUT2D eigenvalue weighted by atomic mass is 10.2. The van der Waals surface area contributed by atoms with Crippen molar-refractivity contribution in [1.82, 2.24) is 4.37 Å². The van der Waals surface area contributed by atoms with E-state index in [2.05, 4.69) is 9.69 Å². The first-order valence-electron chi connectivity index (χ1n) is 3.61. The lowest BCUT2D eigenvalue weighted by Crippen LogP contribution is -2.13. The Kier molecular flexibility index (Phi) is 3.81. The fourth-order valence-corrected chi connectivity index (χ4v) is 1.86. The van der Waals surface area contributed by atoms with Crippen molar-refractivity contribution in [3.05, 3.63) is 11.3 Å². The molecule has 0 aliphatic heterocycles. The number of carboxylic acids is 1. The third-order valence-electron chi connectivity index (χ3n) is 1.45. The van der Waals surface area contributed by atoms with Gasteiger partial charge in [0.15, 0.2) is 0 Å². The van der Waals surface area contributed by atoms with E-state index in [1.54, 1.807) is 6.92 Å². The molecule has 5 nitrogen and oxygen atoms in total. The van der Waals surface area contributed by atoms with Crippen LogP contribution in [0, 0.1) is 6.92 Å². The van der Waals surface area contributed by atoms with Crippen LogP contribution in [-0.4, -0.2) is 25.8 Å². The number of hydrogen-bond acceptors (Lipinski definition) is 4. The second-order valence-electron chi connectivity index (χ2n) is 2.46. The zero-order chi connectivity index (χ0) is 10.7. The van der Waals surface area contributed by atoms with E-state index in [0.717, 1.165) is 11.5 Å². The van der Waals surface area contributed by atoms with Gasteiger partial charge in [-0.3, -0.25) is 4.79 Å². The zero-order valence-electron chi connectivity index (χ0n) is 7.20. The van der Waals surface area contributed by atoms with Gasteiger partial charge >= 0.3 is 5.97 Å². The number of amides is 1. The second-order valence-corrected chi connectivity index (χ2v) is 4.00. The number of carbonyl (C=O) groups is 2. The molecule has 0 radical (unpaired) electrons. The second kappa shape index (κ2) is 4.69. The number of halogens is 1. The smallest absolute Gasteiger partial charge is 0.340 e. The number of aromatic nitrogens is 1. The summed E-state index contributed by atoms with van der Waals surface area (Å²) in [6, 6.07) is 0. The molecule has 7 heteroatoms. The molecule has 1 amide bonds. The van der Waals surface area contributed by atoms with Crippen LogP contribution in [-0.2, 0) is 4.79 Å². The third kappa shape index (κ3) is 2.41. The number of hydrogen-bond donors (Lipinski definition) is 2. The lowest BCUT2D eigenvalue weighted by molar-refractivity contribution is -0.113. The van der Waals surface area contributed by atoms with Crippen molar-refractivity contribution in [1.29, 1.82) is 0 Å². The average Bonchev–Trinajstić information content (AvgIpc) is 2.46. The molecule has 0 saturated heterocycles. The normalized spacial score (nSPS) is 9.86. The molecule has 0 spiro atoms. The summed E-state index contributed by atoms with van der Waals surface area (Å²) in [5, 5.41) is 11.6. The summed E-state index contributed by atoms with van der Waals surface area (Å²) in [5.74, 6) is -1.29. The summed E-state index contributed by atoms with van der Waals surface area (Å²) in [6.07, 6.45) is 0. The molecular weight excluding hydrogens is 319 g/mol. The number of rotatable bonds is 3. The maximum atomic E-state index is 11.0. The molecule has 0 fully saturated rings. The van der Waals surface area contributed by atoms with E-state index in [4.69, 9.17) is 5.11 Å². The Balaban J connectivity index is 2.98. The molecule has 0 aromatic carbocycles. The molecule has 1 aromatic rings. The fraction of sp³-hybridized carbons (Fsp3) is 0.286. The first-order valence-corrected chi connectivity index (χ1v) is 5.91. The van der Waals surface area contributed by atoms with Gasteiger partial charge in [-0.25, -0.2) is 4.79 Å². The van der Waals surface area contributed by atoms with Crippen LogP contribution in [0.5, 0.6) is 0 Å². The topological polar surface area (TPSA) is 79.3 Å². The highest BCUT2D eigenvalue weighted by molar-refractivity contribution is 14.1. The summed E-state index contributed by atoms with van der Waals surface area (Å²) >= 11 is 2.88. The number of nitrogens with zero attached hydrogens (tertiary/aromatic N) is 1. The molecular formula is C7H7IN2O3S. The van der Waals surface area contributed by atoms with Crippen molar-refractivity contribution in [2.45, 2.75) is 6.92 Å². The fourth-order valence-electron chi connectivity index (χ4n) is 0.867. The summed E-state index contributed by atoms with van der Waals surface area (Å²) < 4.78 is 4.15. The van der Waals surface area contributed by atoms with E-state index in [-0.39, 0.29) is 15.9 Å². The van der Waals surface area contributed by atoms with E-state index in [1.165, 1.54) is 0 Å². The summed E-state index contributed by atoms with van der Waals surface area (Å²) in [5.41, 5.74) is 0.499. The maximum absolute atomic E-state index is 11.0. The highest BCUT2D eigenvalue weighted by Crippen LogP contribution is 2.24. The Morgan fingerprint density at radius 1 is 1.64 bits per heavy atom. The van der Waals surface area contributed by atoms with Gasteiger partial charge in [0.2, 0.25) is 5.91 Å². The van der Waals surface area contributed by atoms with E-state index in [9.17, 15) is 9.59 Å². The van der Waals surface area contributed by atoms with Crippen molar-refractivity contribution in [3.63, 3.8) is 0 Å². The van der Waals surface area contributed by atoms with Crippen LogP contribution in [0.3, 0.4) is 0 Å². The Hall–Kier alpha value is -0.700. The molecule has 0 atom stereocenters. The van der Waals surface area contributed by atoms with Gasteiger partial charge < -0.3 is 10.4 Å². The Morgan fingerprint density at radius 3 is 2.79 bits per heavy atom. The van der Waals surface area contributed by atoms with Crippen molar-refractivity contribution >= 4 is 51.0 Å². The van der Waals surface area contributed by atoms with E-state index in [1.807, 2.05) is 22.6 Å². The van der Waals surface area contributed by atoms with Crippen LogP contribution < -0.4 is 5.32 Å². The number of aromatic carboxylic acids is 1. The summed E-state index contributed by atoms with van der Waals surface area (Å²) in [4.78, 5) is 21.8. The van der Waals surface area contributed by atoms with Crippen molar-refractivity contribution in [2.75, 3.05) is 9.74 Å². The molecule has 0 aliphatic rings.